The van der Waals surface area contributed by atoms with Crippen molar-refractivity contribution in [3.63, 3.8) is 0 Å². The Morgan fingerprint density at radius 2 is 1.80 bits per heavy atom. The molecule has 1 aliphatic heterocycles. The average molecular weight is 559 g/mol. The summed E-state index contributed by atoms with van der Waals surface area (Å²) in [6.07, 6.45) is 6.83. The van der Waals surface area contributed by atoms with Crippen LogP contribution in [-0.4, -0.2) is 48.3 Å². The highest BCUT2D eigenvalue weighted by molar-refractivity contribution is 9.10. The van der Waals surface area contributed by atoms with Crippen molar-refractivity contribution in [2.45, 2.75) is 13.8 Å². The second-order valence-electron chi connectivity index (χ2n) is 7.02. The number of carbonyl (C=O) groups is 3. The maximum atomic E-state index is 12.9. The Hall–Kier alpha value is -3.42. The molecule has 0 unspecified atom stereocenters. The van der Waals surface area contributed by atoms with Crippen molar-refractivity contribution in [1.82, 2.24) is 4.90 Å². The molecule has 3 rings (SSSR count). The van der Waals surface area contributed by atoms with E-state index in [-0.39, 0.29) is 11.5 Å². The molecule has 182 valence electrons. The molecule has 3 amide bonds. The third-order valence-corrected chi connectivity index (χ3v) is 6.18. The van der Waals surface area contributed by atoms with Crippen molar-refractivity contribution >= 4 is 56.5 Å². The molecule has 0 radical (unpaired) electrons. The molecule has 1 N–H and O–H groups in total. The van der Waals surface area contributed by atoms with Crippen LogP contribution in [0.4, 0.5) is 10.5 Å². The number of hydrogen-bond acceptors (Lipinski definition) is 7. The maximum absolute atomic E-state index is 12.9. The second kappa shape index (κ2) is 12.3. The quantitative estimate of drug-likeness (QED) is 0.326. The summed E-state index contributed by atoms with van der Waals surface area (Å²) in [5.41, 5.74) is 1.13. The van der Waals surface area contributed by atoms with Gasteiger partial charge in [0.15, 0.2) is 11.5 Å². The molecule has 0 saturated carbocycles. The monoisotopic (exact) mass is 558 g/mol. The summed E-state index contributed by atoms with van der Waals surface area (Å²) in [4.78, 5) is 38.9. The largest absolute Gasteiger partial charge is 0.494 e. The Kier molecular flexibility index (Phi) is 9.23. The number of ether oxygens (including phenoxy) is 3. The van der Waals surface area contributed by atoms with Crippen LogP contribution in [0.15, 0.2) is 45.8 Å². The number of thioether (sulfide) groups is 1. The van der Waals surface area contributed by atoms with Gasteiger partial charge in [-0.15, -0.1) is 6.42 Å². The lowest BCUT2D eigenvalue weighted by atomic mass is 10.2. The number of benzene rings is 2. The highest BCUT2D eigenvalue weighted by atomic mass is 79.9. The molecule has 0 bridgehead atoms. The Morgan fingerprint density at radius 1 is 1.11 bits per heavy atom. The topological polar surface area (TPSA) is 94.2 Å². The van der Waals surface area contributed by atoms with Gasteiger partial charge in [-0.2, -0.15) is 0 Å². The van der Waals surface area contributed by atoms with Gasteiger partial charge < -0.3 is 19.5 Å². The van der Waals surface area contributed by atoms with Gasteiger partial charge in [-0.1, -0.05) is 21.9 Å². The molecule has 2 aromatic carbocycles. The number of rotatable bonds is 10. The van der Waals surface area contributed by atoms with Gasteiger partial charge in [0, 0.05) is 10.2 Å². The van der Waals surface area contributed by atoms with Gasteiger partial charge in [0.1, 0.15) is 18.9 Å². The van der Waals surface area contributed by atoms with Crippen LogP contribution in [0.5, 0.6) is 17.2 Å². The second-order valence-corrected chi connectivity index (χ2v) is 8.87. The van der Waals surface area contributed by atoms with Crippen molar-refractivity contribution in [3.05, 3.63) is 51.3 Å². The summed E-state index contributed by atoms with van der Waals surface area (Å²) in [5.74, 6) is 2.93. The van der Waals surface area contributed by atoms with Crippen molar-refractivity contribution in [3.8, 4) is 29.6 Å². The van der Waals surface area contributed by atoms with Crippen LogP contribution >= 0.6 is 27.7 Å². The Morgan fingerprint density at radius 3 is 2.46 bits per heavy atom. The number of halogens is 1. The van der Waals surface area contributed by atoms with E-state index in [1.165, 1.54) is 0 Å². The Balaban J connectivity index is 1.73. The third-order valence-electron chi connectivity index (χ3n) is 4.58. The number of carbonyl (C=O) groups excluding carboxylic acids is 3. The first kappa shape index (κ1) is 26.2. The van der Waals surface area contributed by atoms with Crippen LogP contribution in [0.1, 0.15) is 19.4 Å². The van der Waals surface area contributed by atoms with Crippen molar-refractivity contribution in [2.75, 3.05) is 31.7 Å². The molecule has 0 atom stereocenters. The molecule has 35 heavy (non-hydrogen) atoms. The van der Waals surface area contributed by atoms with Crippen LogP contribution < -0.4 is 19.5 Å². The molecule has 2 aromatic rings. The van der Waals surface area contributed by atoms with E-state index >= 15 is 0 Å². The maximum Gasteiger partial charge on any atom is 0.294 e. The van der Waals surface area contributed by atoms with Gasteiger partial charge in [-0.05, 0) is 73.6 Å². The number of anilines is 1. The lowest BCUT2D eigenvalue weighted by Gasteiger charge is -2.13. The molecular weight excluding hydrogens is 536 g/mol. The van der Waals surface area contributed by atoms with E-state index in [9.17, 15) is 14.4 Å². The number of amides is 3. The third kappa shape index (κ3) is 6.81. The van der Waals surface area contributed by atoms with E-state index in [0.29, 0.717) is 46.2 Å². The smallest absolute Gasteiger partial charge is 0.294 e. The summed E-state index contributed by atoms with van der Waals surface area (Å²) in [5, 5.41) is 2.15. The van der Waals surface area contributed by atoms with E-state index in [0.717, 1.165) is 16.7 Å². The van der Waals surface area contributed by atoms with E-state index in [2.05, 4.69) is 27.2 Å². The Bertz CT molecular complexity index is 1190. The van der Waals surface area contributed by atoms with Crippen molar-refractivity contribution < 1.29 is 28.6 Å². The highest BCUT2D eigenvalue weighted by Crippen LogP contribution is 2.38. The van der Waals surface area contributed by atoms with Crippen LogP contribution in [0, 0.1) is 12.3 Å². The molecule has 1 fully saturated rings. The predicted molar refractivity (Wildman–Crippen MR) is 139 cm³/mol. The zero-order valence-corrected chi connectivity index (χ0v) is 21.5. The number of nitrogens with one attached hydrogen (secondary N) is 1. The molecule has 1 saturated heterocycles. The molecule has 0 aliphatic carbocycles. The summed E-state index contributed by atoms with van der Waals surface area (Å²) in [6, 6.07) is 10.2. The predicted octanol–water partition coefficient (Wildman–Crippen LogP) is 4.93. The molecular formula is C25H23BrN2O6S. The summed E-state index contributed by atoms with van der Waals surface area (Å²) < 4.78 is 17.1. The first-order chi connectivity index (χ1) is 16.9. The van der Waals surface area contributed by atoms with Crippen LogP contribution in [0.3, 0.4) is 0 Å². The fraction of sp³-hybridized carbons (Fsp3) is 0.240. The van der Waals surface area contributed by atoms with Gasteiger partial charge >= 0.3 is 0 Å². The number of imide groups is 1. The lowest BCUT2D eigenvalue weighted by Crippen LogP contribution is -2.36. The average Bonchev–Trinajstić information content (AvgIpc) is 3.09. The Labute approximate surface area is 216 Å². The molecule has 1 aliphatic rings. The van der Waals surface area contributed by atoms with Crippen LogP contribution in [0.25, 0.3) is 6.08 Å². The molecule has 1 heterocycles. The van der Waals surface area contributed by atoms with E-state index in [1.54, 1.807) is 42.5 Å². The number of nitrogens with zero attached hydrogens (tertiary/aromatic N) is 1. The van der Waals surface area contributed by atoms with Crippen molar-refractivity contribution in [1.29, 1.82) is 0 Å². The minimum absolute atomic E-state index is 0.0729. The SMILES string of the molecule is C#CCOc1cc(Br)c(C=C2SC(=O)N(CC(=O)Nc3ccc(OCC)cc3)C2=O)cc1OCC. The number of hydrogen-bond donors (Lipinski definition) is 1. The van der Waals surface area contributed by atoms with Gasteiger partial charge in [0.05, 0.1) is 18.1 Å². The number of terminal acetylenes is 1. The highest BCUT2D eigenvalue weighted by Gasteiger charge is 2.36. The van der Waals surface area contributed by atoms with Gasteiger partial charge in [0.25, 0.3) is 11.1 Å². The minimum atomic E-state index is -0.556. The first-order valence-corrected chi connectivity index (χ1v) is 12.3. The summed E-state index contributed by atoms with van der Waals surface area (Å²) in [7, 11) is 0. The standard InChI is InChI=1S/C25H23BrN2O6S/c1-4-11-34-21-14-19(26)16(12-20(21)33-6-3)13-22-24(30)28(25(31)35-22)15-23(29)27-17-7-9-18(10-8-17)32-5-2/h1,7-10,12-14H,5-6,11,15H2,2-3H3,(H,27,29). The van der Waals surface area contributed by atoms with Gasteiger partial charge in [-0.25, -0.2) is 0 Å². The zero-order valence-electron chi connectivity index (χ0n) is 19.1. The summed E-state index contributed by atoms with van der Waals surface area (Å²) in [6.45, 7) is 4.31. The minimum Gasteiger partial charge on any atom is -0.494 e. The van der Waals surface area contributed by atoms with Crippen LogP contribution in [-0.2, 0) is 9.59 Å². The fourth-order valence-corrected chi connectivity index (χ4v) is 4.35. The van der Waals surface area contributed by atoms with Crippen LogP contribution in [0.2, 0.25) is 0 Å². The molecule has 0 aromatic heterocycles. The molecule has 0 spiro atoms. The summed E-state index contributed by atoms with van der Waals surface area (Å²) >= 11 is 4.21. The fourth-order valence-electron chi connectivity index (χ4n) is 3.08. The van der Waals surface area contributed by atoms with E-state index in [4.69, 9.17) is 20.6 Å². The van der Waals surface area contributed by atoms with Gasteiger partial charge in [0.2, 0.25) is 5.91 Å². The molecule has 10 heteroatoms. The van der Waals surface area contributed by atoms with E-state index in [1.807, 2.05) is 13.8 Å². The first-order valence-electron chi connectivity index (χ1n) is 10.7. The molecule has 8 nitrogen and oxygen atoms in total. The zero-order chi connectivity index (χ0) is 25.4. The normalized spacial score (nSPS) is 14.1. The lowest BCUT2D eigenvalue weighted by molar-refractivity contribution is -0.127. The van der Waals surface area contributed by atoms with Crippen molar-refractivity contribution in [2.24, 2.45) is 0 Å². The van der Waals surface area contributed by atoms with Gasteiger partial charge in [-0.3, -0.25) is 19.3 Å². The van der Waals surface area contributed by atoms with E-state index < -0.39 is 23.6 Å².